The number of aromatic nitrogens is 4. The molecule has 11 rings (SSSR count). The van der Waals surface area contributed by atoms with Crippen LogP contribution in [0.4, 0.5) is 30.7 Å². The first kappa shape index (κ1) is 38.3. The second kappa shape index (κ2) is 13.4. The third kappa shape index (κ3) is 7.05. The normalized spacial score (nSPS) is 35.4. The summed E-state index contributed by atoms with van der Waals surface area (Å²) in [5.74, 6) is -5.45. The second-order valence-corrected chi connectivity index (χ2v) is 17.8. The maximum absolute atomic E-state index is 13.3. The molecule has 1 atom stereocenters. The van der Waals surface area contributed by atoms with E-state index in [-0.39, 0.29) is 48.1 Å². The number of rotatable bonds is 6. The molecule has 2 aromatic rings. The van der Waals surface area contributed by atoms with Crippen molar-refractivity contribution in [1.29, 1.82) is 0 Å². The van der Waals surface area contributed by atoms with Gasteiger partial charge in [0.15, 0.2) is 0 Å². The molecule has 1 unspecified atom stereocenters. The molecule has 9 fully saturated rings. The highest BCUT2D eigenvalue weighted by Gasteiger charge is 2.73. The standard InChI is InChI=1S/C15H17F5IN3O.C14H18F2IN3O.C4H8O/c16-14(17)1-3-23(4-2-14)12-6-13(7-12,8-12)24-5-9(21)22-11(24)10(25)15(18,19)20;1-21-11-18-10(17)6-20(11)13-7-12(8-13,9-13)19-4-2-14(15,16)3-5-19;1-2-4-5-3-1/h5,10,25H,1-4,6-8H2;6H,2-5,7-9H2,1H3;1-4H2. The first-order chi connectivity index (χ1) is 23.8. The Hall–Kier alpha value is -0.970. The lowest BCUT2D eigenvalue weighted by Gasteiger charge is -2.75. The summed E-state index contributed by atoms with van der Waals surface area (Å²) in [6, 6.07) is 0.665. The molecule has 0 aromatic carbocycles. The second-order valence-electron chi connectivity index (χ2n) is 15.6. The van der Waals surface area contributed by atoms with Crippen molar-refractivity contribution in [2.75, 3.05) is 46.5 Å². The smallest absolute Gasteiger partial charge is 0.421 e. The summed E-state index contributed by atoms with van der Waals surface area (Å²) in [5, 5.41) is 9.62. The lowest BCUT2D eigenvalue weighted by atomic mass is 9.43. The Morgan fingerprint density at radius 2 is 1.14 bits per heavy atom. The Labute approximate surface area is 319 Å². The van der Waals surface area contributed by atoms with Crippen LogP contribution in [-0.2, 0) is 15.8 Å². The van der Waals surface area contributed by atoms with Gasteiger partial charge in [-0.25, -0.2) is 22.5 Å². The van der Waals surface area contributed by atoms with E-state index in [4.69, 9.17) is 9.47 Å². The van der Waals surface area contributed by atoms with Crippen molar-refractivity contribution >= 4 is 45.2 Å². The van der Waals surface area contributed by atoms with Crippen LogP contribution in [-0.4, -0.2) is 110 Å². The Kier molecular flexibility index (Phi) is 10.0. The van der Waals surface area contributed by atoms with Crippen LogP contribution in [0.15, 0.2) is 12.4 Å². The number of halogens is 9. The van der Waals surface area contributed by atoms with Crippen LogP contribution in [0, 0.1) is 7.40 Å². The van der Waals surface area contributed by atoms with Gasteiger partial charge in [0.2, 0.25) is 6.10 Å². The average Bonchev–Trinajstić information content (AvgIpc) is 3.74. The van der Waals surface area contributed by atoms with Gasteiger partial charge in [-0.05, 0) is 96.5 Å². The zero-order valence-electron chi connectivity index (χ0n) is 28.3. The third-order valence-corrected chi connectivity index (χ3v) is 13.3. The topological polar surface area (TPSA) is 80.8 Å². The molecule has 1 N–H and O–H groups in total. The van der Waals surface area contributed by atoms with Gasteiger partial charge in [0, 0.05) is 88.5 Å². The average molecular weight is 959 g/mol. The highest BCUT2D eigenvalue weighted by atomic mass is 127. The fraction of sp³-hybridized carbons (Fsp3) is 0.818. The Morgan fingerprint density at radius 1 is 0.725 bits per heavy atom. The van der Waals surface area contributed by atoms with E-state index in [0.717, 1.165) is 36.2 Å². The molecular weight excluding hydrogens is 915 g/mol. The number of hydrogen-bond donors (Lipinski definition) is 1. The lowest BCUT2D eigenvalue weighted by Crippen LogP contribution is -2.79. The van der Waals surface area contributed by atoms with E-state index in [9.17, 15) is 35.8 Å². The molecule has 6 saturated carbocycles. The zero-order valence-corrected chi connectivity index (χ0v) is 32.6. The number of alkyl halides is 7. The lowest BCUT2D eigenvalue weighted by molar-refractivity contribution is -0.233. The molecule has 9 aliphatic rings. The number of aliphatic hydroxyl groups is 1. The van der Waals surface area contributed by atoms with Gasteiger partial charge in [0.05, 0.1) is 18.2 Å². The summed E-state index contributed by atoms with van der Waals surface area (Å²) in [6.45, 7) is 3.70. The molecule has 2 aromatic heterocycles. The van der Waals surface area contributed by atoms with E-state index in [2.05, 4.69) is 46.9 Å². The molecule has 3 saturated heterocycles. The summed E-state index contributed by atoms with van der Waals surface area (Å²) in [4.78, 5) is 12.6. The van der Waals surface area contributed by atoms with Gasteiger partial charge < -0.3 is 19.1 Å². The quantitative estimate of drug-likeness (QED) is 0.245. The predicted molar refractivity (Wildman–Crippen MR) is 188 cm³/mol. The van der Waals surface area contributed by atoms with Crippen molar-refractivity contribution in [3.8, 4) is 6.01 Å². The summed E-state index contributed by atoms with van der Waals surface area (Å²) >= 11 is 4.02. The monoisotopic (exact) mass is 958 g/mol. The number of hydrogen-bond acceptors (Lipinski definition) is 7. The van der Waals surface area contributed by atoms with Crippen LogP contribution in [0.1, 0.15) is 89.0 Å². The summed E-state index contributed by atoms with van der Waals surface area (Å²) in [6.07, 6.45) is 3.40. The van der Waals surface area contributed by atoms with Gasteiger partial charge in [0.1, 0.15) is 13.2 Å². The third-order valence-electron chi connectivity index (χ3n) is 12.2. The highest BCUT2D eigenvalue weighted by Crippen LogP contribution is 2.70. The molecule has 6 aliphatic carbocycles. The minimum Gasteiger partial charge on any atom is -0.468 e. The number of methoxy groups -OCH3 is 1. The first-order valence-electron chi connectivity index (χ1n) is 17.5. The maximum Gasteiger partial charge on any atom is 0.421 e. The fourth-order valence-electron chi connectivity index (χ4n) is 9.58. The van der Waals surface area contributed by atoms with Crippen molar-refractivity contribution in [3.05, 3.63) is 25.6 Å². The molecule has 5 heterocycles. The van der Waals surface area contributed by atoms with Crippen LogP contribution in [0.2, 0.25) is 0 Å². The van der Waals surface area contributed by atoms with Gasteiger partial charge >= 0.3 is 6.18 Å². The summed E-state index contributed by atoms with van der Waals surface area (Å²) < 4.78 is 107. The molecule has 4 bridgehead atoms. The largest absolute Gasteiger partial charge is 0.468 e. The molecule has 0 amide bonds. The zero-order chi connectivity index (χ0) is 36.7. The first-order valence-corrected chi connectivity index (χ1v) is 19.6. The summed E-state index contributed by atoms with van der Waals surface area (Å²) in [7, 11) is 1.64. The predicted octanol–water partition coefficient (Wildman–Crippen LogP) is 7.10. The van der Waals surface area contributed by atoms with Gasteiger partial charge in [-0.3, -0.25) is 14.4 Å². The number of likely N-dealkylation sites (tertiary alicyclic amines) is 2. The highest BCUT2D eigenvalue weighted by molar-refractivity contribution is 14.1. The Balaban J connectivity index is 0.000000141. The SMILES string of the molecule is C1CCOC1.COc1nc(I)cn1C12CC(N3CCC(F)(F)CC3)(C1)C2.OC(c1nc(I)cn1C12CC(N3CCC(F)(F)CC3)(C1)C2)C(F)(F)F. The Morgan fingerprint density at radius 3 is 1.53 bits per heavy atom. The van der Waals surface area contributed by atoms with Crippen LogP contribution >= 0.6 is 45.2 Å². The van der Waals surface area contributed by atoms with Gasteiger partial charge in [-0.15, -0.1) is 0 Å². The van der Waals surface area contributed by atoms with E-state index in [1.54, 1.807) is 7.11 Å². The van der Waals surface area contributed by atoms with Gasteiger partial charge in [-0.1, -0.05) is 0 Å². The van der Waals surface area contributed by atoms with E-state index in [1.165, 1.54) is 23.6 Å². The van der Waals surface area contributed by atoms with Crippen molar-refractivity contribution < 1.29 is 45.3 Å². The fourth-order valence-corrected chi connectivity index (χ4v) is 10.6. The van der Waals surface area contributed by atoms with Crippen LogP contribution in [0.5, 0.6) is 6.01 Å². The molecule has 51 heavy (non-hydrogen) atoms. The maximum atomic E-state index is 13.3. The summed E-state index contributed by atoms with van der Waals surface area (Å²) in [5.41, 5.74) is -0.371. The molecule has 286 valence electrons. The molecule has 0 radical (unpaired) electrons. The van der Waals surface area contributed by atoms with Crippen molar-refractivity contribution in [2.45, 2.75) is 123 Å². The number of imidazole rings is 2. The van der Waals surface area contributed by atoms with Crippen LogP contribution < -0.4 is 4.74 Å². The molecule has 0 spiro atoms. The van der Waals surface area contributed by atoms with Crippen molar-refractivity contribution in [3.63, 3.8) is 0 Å². The number of piperidine rings is 2. The molecular formula is C33H43F7I2N6O3. The van der Waals surface area contributed by atoms with Crippen LogP contribution in [0.3, 0.4) is 0 Å². The number of nitrogens with zero attached hydrogens (tertiary/aromatic N) is 6. The molecule has 9 nitrogen and oxygen atoms in total. The van der Waals surface area contributed by atoms with E-state index in [1.807, 2.05) is 28.8 Å². The molecule has 18 heteroatoms. The van der Waals surface area contributed by atoms with E-state index < -0.39 is 29.7 Å². The minimum absolute atomic E-state index is 0.00798. The molecule has 3 aliphatic heterocycles. The Bertz CT molecular complexity index is 1530. The minimum atomic E-state index is -4.77. The van der Waals surface area contributed by atoms with E-state index >= 15 is 0 Å². The van der Waals surface area contributed by atoms with Gasteiger partial charge in [-0.2, -0.15) is 18.2 Å². The van der Waals surface area contributed by atoms with Gasteiger partial charge in [0.25, 0.3) is 17.9 Å². The number of aliphatic hydroxyl groups excluding tert-OH is 1. The van der Waals surface area contributed by atoms with Crippen molar-refractivity contribution in [2.24, 2.45) is 0 Å². The number of ether oxygens (including phenoxy) is 2. The van der Waals surface area contributed by atoms with Crippen LogP contribution in [0.25, 0.3) is 0 Å². The van der Waals surface area contributed by atoms with E-state index in [0.29, 0.717) is 55.2 Å². The van der Waals surface area contributed by atoms with Crippen molar-refractivity contribution in [1.82, 2.24) is 28.9 Å².